The second-order valence-electron chi connectivity index (χ2n) is 4.85. The molecule has 0 N–H and O–H groups in total. The Bertz CT molecular complexity index is 805. The van der Waals surface area contributed by atoms with Gasteiger partial charge in [-0.3, -0.25) is 9.36 Å². The maximum absolute atomic E-state index is 11.0. The van der Waals surface area contributed by atoms with Crippen molar-refractivity contribution in [2.45, 2.75) is 13.8 Å². The van der Waals surface area contributed by atoms with Crippen molar-refractivity contribution in [2.24, 2.45) is 0 Å². The Hall–Kier alpha value is -2.40. The normalized spacial score (nSPS) is 10.6. The van der Waals surface area contributed by atoms with E-state index in [1.54, 1.807) is 10.6 Å². The molecule has 0 atom stereocenters. The van der Waals surface area contributed by atoms with Crippen molar-refractivity contribution in [1.82, 2.24) is 9.55 Å². The van der Waals surface area contributed by atoms with Crippen LogP contribution in [0.15, 0.2) is 41.9 Å². The van der Waals surface area contributed by atoms with Gasteiger partial charge in [-0.15, -0.1) is 11.3 Å². The number of aromatic nitrogens is 2. The first-order valence-corrected chi connectivity index (χ1v) is 7.93. The van der Waals surface area contributed by atoms with Crippen LogP contribution in [0.1, 0.15) is 23.0 Å². The molecule has 0 aliphatic heterocycles. The first-order valence-electron chi connectivity index (χ1n) is 7.05. The molecule has 5 heteroatoms. The Morgan fingerprint density at radius 1 is 1.36 bits per heavy atom. The van der Waals surface area contributed by atoms with Gasteiger partial charge in [-0.05, 0) is 49.7 Å². The molecule has 0 spiro atoms. The Kier molecular flexibility index (Phi) is 4.06. The van der Waals surface area contributed by atoms with Gasteiger partial charge in [0.15, 0.2) is 11.4 Å². The van der Waals surface area contributed by atoms with Crippen LogP contribution in [0.3, 0.4) is 0 Å². The summed E-state index contributed by atoms with van der Waals surface area (Å²) in [5, 5.41) is 2.79. The van der Waals surface area contributed by atoms with E-state index in [4.69, 9.17) is 4.74 Å². The van der Waals surface area contributed by atoms with Gasteiger partial charge in [0.2, 0.25) is 0 Å². The fraction of sp³-hybridized carbons (Fsp3) is 0.176. The predicted molar refractivity (Wildman–Crippen MR) is 88.2 cm³/mol. The Labute approximate surface area is 133 Å². The summed E-state index contributed by atoms with van der Waals surface area (Å²) in [7, 11) is 0. The molecule has 0 radical (unpaired) electrons. The fourth-order valence-corrected chi connectivity index (χ4v) is 3.17. The van der Waals surface area contributed by atoms with Crippen LogP contribution >= 0.6 is 11.3 Å². The molecule has 112 valence electrons. The third-order valence-corrected chi connectivity index (χ3v) is 4.22. The Balaban J connectivity index is 1.96. The maximum atomic E-state index is 11.0. The summed E-state index contributed by atoms with van der Waals surface area (Å²) >= 11 is 1.52. The van der Waals surface area contributed by atoms with Crippen molar-refractivity contribution in [1.29, 1.82) is 0 Å². The minimum absolute atomic E-state index is 0.601. The predicted octanol–water partition coefficient (Wildman–Crippen LogP) is 4.12. The third-order valence-electron chi connectivity index (χ3n) is 3.38. The SMILES string of the molecule is CCOc1ccc(-c2csc(-n3cccc3C=O)n2)c(C)c1. The molecule has 0 saturated heterocycles. The molecule has 0 amide bonds. The van der Waals surface area contributed by atoms with Gasteiger partial charge in [-0.25, -0.2) is 4.98 Å². The summed E-state index contributed by atoms with van der Waals surface area (Å²) in [6.45, 7) is 4.67. The molecular weight excluding hydrogens is 296 g/mol. The summed E-state index contributed by atoms with van der Waals surface area (Å²) in [4.78, 5) is 15.7. The van der Waals surface area contributed by atoms with E-state index in [-0.39, 0.29) is 0 Å². The number of nitrogens with zero attached hydrogens (tertiary/aromatic N) is 2. The lowest BCUT2D eigenvalue weighted by molar-refractivity contribution is 0.111. The highest BCUT2D eigenvalue weighted by Crippen LogP contribution is 2.29. The lowest BCUT2D eigenvalue weighted by Crippen LogP contribution is -1.97. The summed E-state index contributed by atoms with van der Waals surface area (Å²) in [5.41, 5.74) is 3.70. The van der Waals surface area contributed by atoms with E-state index >= 15 is 0 Å². The molecule has 22 heavy (non-hydrogen) atoms. The number of benzene rings is 1. The van der Waals surface area contributed by atoms with E-state index < -0.39 is 0 Å². The van der Waals surface area contributed by atoms with Gasteiger partial charge in [-0.1, -0.05) is 0 Å². The van der Waals surface area contributed by atoms with Crippen molar-refractivity contribution in [2.75, 3.05) is 6.61 Å². The number of hydrogen-bond donors (Lipinski definition) is 0. The zero-order valence-corrected chi connectivity index (χ0v) is 13.3. The smallest absolute Gasteiger partial charge is 0.194 e. The summed E-state index contributed by atoms with van der Waals surface area (Å²) in [6, 6.07) is 9.61. The summed E-state index contributed by atoms with van der Waals surface area (Å²) in [5.74, 6) is 0.868. The monoisotopic (exact) mass is 312 g/mol. The van der Waals surface area contributed by atoms with Gasteiger partial charge in [0.05, 0.1) is 18.0 Å². The molecule has 0 bridgehead atoms. The van der Waals surface area contributed by atoms with Crippen LogP contribution in [0.5, 0.6) is 5.75 Å². The van der Waals surface area contributed by atoms with E-state index in [9.17, 15) is 4.79 Å². The topological polar surface area (TPSA) is 44.1 Å². The first kappa shape index (κ1) is 14.5. The molecule has 1 aromatic carbocycles. The number of aryl methyl sites for hydroxylation is 1. The van der Waals surface area contributed by atoms with Crippen LogP contribution in [-0.2, 0) is 0 Å². The molecule has 2 heterocycles. The maximum Gasteiger partial charge on any atom is 0.194 e. The van der Waals surface area contributed by atoms with Crippen LogP contribution < -0.4 is 4.74 Å². The van der Waals surface area contributed by atoms with Gasteiger partial charge in [0.25, 0.3) is 0 Å². The van der Waals surface area contributed by atoms with Gasteiger partial charge in [-0.2, -0.15) is 0 Å². The minimum atomic E-state index is 0.601. The largest absolute Gasteiger partial charge is 0.494 e. The minimum Gasteiger partial charge on any atom is -0.494 e. The highest BCUT2D eigenvalue weighted by atomic mass is 32.1. The van der Waals surface area contributed by atoms with Gasteiger partial charge >= 0.3 is 0 Å². The quantitative estimate of drug-likeness (QED) is 0.666. The molecule has 3 rings (SSSR count). The molecule has 2 aromatic heterocycles. The Morgan fingerprint density at radius 3 is 2.95 bits per heavy atom. The standard InChI is InChI=1S/C17H16N2O2S/c1-3-21-14-6-7-15(12(2)9-14)16-11-22-17(18-16)19-8-4-5-13(19)10-20/h4-11H,3H2,1-2H3. The van der Waals surface area contributed by atoms with Crippen LogP contribution in [0.2, 0.25) is 0 Å². The lowest BCUT2D eigenvalue weighted by Gasteiger charge is -2.07. The highest BCUT2D eigenvalue weighted by Gasteiger charge is 2.11. The number of rotatable bonds is 5. The van der Waals surface area contributed by atoms with E-state index in [2.05, 4.69) is 4.98 Å². The number of aldehydes is 1. The summed E-state index contributed by atoms with van der Waals surface area (Å²) < 4.78 is 7.31. The molecular formula is C17H16N2O2S. The second-order valence-corrected chi connectivity index (χ2v) is 5.68. The van der Waals surface area contributed by atoms with Gasteiger partial charge < -0.3 is 4.74 Å². The van der Waals surface area contributed by atoms with Crippen molar-refractivity contribution in [3.05, 3.63) is 53.2 Å². The van der Waals surface area contributed by atoms with Crippen molar-refractivity contribution < 1.29 is 9.53 Å². The number of carbonyl (C=O) groups excluding carboxylic acids is 1. The number of ether oxygens (including phenoxy) is 1. The third kappa shape index (κ3) is 2.67. The average Bonchev–Trinajstić information content (AvgIpc) is 3.16. The number of carbonyl (C=O) groups is 1. The highest BCUT2D eigenvalue weighted by molar-refractivity contribution is 7.12. The average molecular weight is 312 g/mol. The van der Waals surface area contributed by atoms with Crippen molar-refractivity contribution in [3.8, 4) is 22.1 Å². The molecule has 0 aliphatic carbocycles. The molecule has 0 fully saturated rings. The fourth-order valence-electron chi connectivity index (χ4n) is 2.34. The van der Waals surface area contributed by atoms with Crippen LogP contribution in [0, 0.1) is 6.92 Å². The molecule has 4 nitrogen and oxygen atoms in total. The zero-order valence-electron chi connectivity index (χ0n) is 12.4. The van der Waals surface area contributed by atoms with Crippen LogP contribution in [0.25, 0.3) is 16.4 Å². The molecule has 0 unspecified atom stereocenters. The van der Waals surface area contributed by atoms with E-state index in [1.165, 1.54) is 11.3 Å². The molecule has 0 saturated carbocycles. The number of hydrogen-bond acceptors (Lipinski definition) is 4. The molecule has 3 aromatic rings. The zero-order chi connectivity index (χ0) is 15.5. The van der Waals surface area contributed by atoms with E-state index in [0.717, 1.165) is 34.0 Å². The van der Waals surface area contributed by atoms with Gasteiger partial charge in [0, 0.05) is 17.1 Å². The van der Waals surface area contributed by atoms with Crippen LogP contribution in [0.4, 0.5) is 0 Å². The van der Waals surface area contributed by atoms with Gasteiger partial charge in [0.1, 0.15) is 5.75 Å². The van der Waals surface area contributed by atoms with Crippen molar-refractivity contribution >= 4 is 17.6 Å². The van der Waals surface area contributed by atoms with Crippen molar-refractivity contribution in [3.63, 3.8) is 0 Å². The lowest BCUT2D eigenvalue weighted by atomic mass is 10.1. The number of thiazole rings is 1. The van der Waals surface area contributed by atoms with E-state index in [1.807, 2.05) is 49.7 Å². The van der Waals surface area contributed by atoms with Crippen LogP contribution in [-0.4, -0.2) is 22.4 Å². The summed E-state index contributed by atoms with van der Waals surface area (Å²) in [6.07, 6.45) is 2.68. The molecule has 0 aliphatic rings. The second kappa shape index (κ2) is 6.15. The first-order chi connectivity index (χ1) is 10.7. The van der Waals surface area contributed by atoms with E-state index in [0.29, 0.717) is 12.3 Å². The Morgan fingerprint density at radius 2 is 2.23 bits per heavy atom.